The molecule has 23 heavy (non-hydrogen) atoms. The Morgan fingerprint density at radius 3 is 2.26 bits per heavy atom. The first-order chi connectivity index (χ1) is 10.9. The van der Waals surface area contributed by atoms with Gasteiger partial charge in [0.25, 0.3) is 0 Å². The number of anilines is 1. The van der Waals surface area contributed by atoms with E-state index in [1.807, 2.05) is 13.8 Å². The minimum atomic E-state index is -0.292. The zero-order valence-corrected chi connectivity index (χ0v) is 13.9. The Morgan fingerprint density at radius 1 is 1.04 bits per heavy atom. The number of imide groups is 1. The van der Waals surface area contributed by atoms with E-state index < -0.39 is 0 Å². The molecule has 0 aromatic heterocycles. The van der Waals surface area contributed by atoms with Crippen LogP contribution in [0.3, 0.4) is 0 Å². The van der Waals surface area contributed by atoms with Crippen molar-refractivity contribution >= 4 is 29.1 Å². The smallest absolute Gasteiger partial charge is 0.237 e. The highest BCUT2D eigenvalue weighted by molar-refractivity contribution is 6.30. The van der Waals surface area contributed by atoms with Crippen LogP contribution in [0, 0.1) is 19.8 Å². The van der Waals surface area contributed by atoms with Gasteiger partial charge in [0.15, 0.2) is 0 Å². The Kier molecular flexibility index (Phi) is 4.22. The van der Waals surface area contributed by atoms with Gasteiger partial charge in [-0.1, -0.05) is 40.9 Å². The summed E-state index contributed by atoms with van der Waals surface area (Å²) in [5.74, 6) is -0.567. The van der Waals surface area contributed by atoms with Crippen molar-refractivity contribution in [1.29, 1.82) is 0 Å². The number of benzene rings is 2. The summed E-state index contributed by atoms with van der Waals surface area (Å²) in [5.41, 5.74) is 4.04. The summed E-state index contributed by atoms with van der Waals surface area (Å²) in [6.07, 6.45) is 0.853. The lowest BCUT2D eigenvalue weighted by Gasteiger charge is -2.15. The Hall–Kier alpha value is -2.13. The number of amides is 2. The van der Waals surface area contributed by atoms with E-state index >= 15 is 0 Å². The van der Waals surface area contributed by atoms with Crippen molar-refractivity contribution in [2.75, 3.05) is 4.90 Å². The van der Waals surface area contributed by atoms with Gasteiger partial charge in [-0.25, -0.2) is 0 Å². The van der Waals surface area contributed by atoms with Crippen molar-refractivity contribution in [1.82, 2.24) is 0 Å². The van der Waals surface area contributed by atoms with Crippen LogP contribution in [0.5, 0.6) is 0 Å². The fraction of sp³-hybridized carbons (Fsp3) is 0.263. The van der Waals surface area contributed by atoms with E-state index in [0.717, 1.165) is 5.56 Å². The number of hydrogen-bond donors (Lipinski definition) is 0. The largest absolute Gasteiger partial charge is 0.274 e. The molecule has 2 aromatic carbocycles. The van der Waals surface area contributed by atoms with Crippen molar-refractivity contribution in [3.8, 4) is 0 Å². The van der Waals surface area contributed by atoms with Crippen LogP contribution in [0.1, 0.15) is 23.1 Å². The maximum absolute atomic E-state index is 12.6. The molecule has 4 heteroatoms. The van der Waals surface area contributed by atoms with E-state index in [0.29, 0.717) is 17.1 Å². The van der Waals surface area contributed by atoms with Crippen molar-refractivity contribution in [2.45, 2.75) is 26.7 Å². The quantitative estimate of drug-likeness (QED) is 0.797. The van der Waals surface area contributed by atoms with Crippen LogP contribution in [-0.4, -0.2) is 11.8 Å². The molecule has 0 bridgehead atoms. The summed E-state index contributed by atoms with van der Waals surface area (Å²) in [6, 6.07) is 13.1. The molecule has 1 fully saturated rings. The maximum Gasteiger partial charge on any atom is 0.237 e. The molecule has 0 aliphatic carbocycles. The average molecular weight is 328 g/mol. The van der Waals surface area contributed by atoms with Gasteiger partial charge in [0, 0.05) is 11.4 Å². The number of nitrogens with zero attached hydrogens (tertiary/aromatic N) is 1. The minimum absolute atomic E-state index is 0.128. The highest BCUT2D eigenvalue weighted by atomic mass is 35.5. The van der Waals surface area contributed by atoms with E-state index in [9.17, 15) is 9.59 Å². The molecule has 0 saturated carbocycles. The monoisotopic (exact) mass is 327 g/mol. The van der Waals surface area contributed by atoms with E-state index in [2.05, 4.69) is 18.2 Å². The van der Waals surface area contributed by atoms with E-state index in [1.165, 1.54) is 16.0 Å². The molecule has 0 radical (unpaired) electrons. The molecule has 1 saturated heterocycles. The number of rotatable bonds is 3. The fourth-order valence-corrected chi connectivity index (χ4v) is 3.31. The van der Waals surface area contributed by atoms with Crippen LogP contribution in [-0.2, 0) is 16.0 Å². The lowest BCUT2D eigenvalue weighted by Crippen LogP contribution is -2.30. The zero-order valence-electron chi connectivity index (χ0n) is 13.2. The highest BCUT2D eigenvalue weighted by Crippen LogP contribution is 2.29. The van der Waals surface area contributed by atoms with Crippen molar-refractivity contribution in [3.63, 3.8) is 0 Å². The van der Waals surface area contributed by atoms with Crippen LogP contribution >= 0.6 is 11.6 Å². The molecule has 1 atom stereocenters. The SMILES string of the molecule is Cc1cc(C)cc(C[C@H]2CC(=O)N(c3ccc(Cl)cc3)C2=O)c1. The van der Waals surface area contributed by atoms with Crippen LogP contribution < -0.4 is 4.90 Å². The summed E-state index contributed by atoms with van der Waals surface area (Å²) >= 11 is 5.87. The molecule has 1 aliphatic rings. The Morgan fingerprint density at radius 2 is 1.65 bits per heavy atom. The summed E-state index contributed by atoms with van der Waals surface area (Å²) in [7, 11) is 0. The van der Waals surface area contributed by atoms with Gasteiger partial charge in [0.1, 0.15) is 0 Å². The van der Waals surface area contributed by atoms with Gasteiger partial charge in [-0.05, 0) is 50.1 Å². The maximum atomic E-state index is 12.6. The standard InChI is InChI=1S/C19H18ClNO2/c1-12-7-13(2)9-14(8-12)10-15-11-18(22)21(19(15)23)17-5-3-16(20)4-6-17/h3-9,15H,10-11H2,1-2H3/t15-/m0/s1. The number of carbonyl (C=O) groups is 2. The summed E-state index contributed by atoms with van der Waals surface area (Å²) in [6.45, 7) is 4.08. The second kappa shape index (κ2) is 6.17. The molecular weight excluding hydrogens is 310 g/mol. The van der Waals surface area contributed by atoms with Gasteiger partial charge >= 0.3 is 0 Å². The molecular formula is C19H18ClNO2. The summed E-state index contributed by atoms with van der Waals surface area (Å²) in [5, 5.41) is 0.583. The highest BCUT2D eigenvalue weighted by Gasteiger charge is 2.39. The lowest BCUT2D eigenvalue weighted by atomic mass is 9.95. The first-order valence-corrected chi connectivity index (χ1v) is 8.01. The second-order valence-electron chi connectivity index (χ2n) is 6.14. The molecule has 2 amide bonds. The normalized spacial score (nSPS) is 17.9. The van der Waals surface area contributed by atoms with Crippen LogP contribution in [0.15, 0.2) is 42.5 Å². The number of carbonyl (C=O) groups excluding carboxylic acids is 2. The van der Waals surface area contributed by atoms with Gasteiger partial charge in [0.05, 0.1) is 11.6 Å². The van der Waals surface area contributed by atoms with Crippen LogP contribution in [0.4, 0.5) is 5.69 Å². The van der Waals surface area contributed by atoms with Crippen molar-refractivity contribution < 1.29 is 9.59 Å². The molecule has 2 aromatic rings. The number of aryl methyl sites for hydroxylation is 2. The van der Waals surface area contributed by atoms with Crippen molar-refractivity contribution in [2.24, 2.45) is 5.92 Å². The number of hydrogen-bond acceptors (Lipinski definition) is 2. The third-order valence-corrected chi connectivity index (χ3v) is 4.34. The van der Waals surface area contributed by atoms with E-state index in [4.69, 9.17) is 11.6 Å². The Labute approximate surface area is 140 Å². The summed E-state index contributed by atoms with van der Waals surface area (Å²) in [4.78, 5) is 26.2. The van der Waals surface area contributed by atoms with E-state index in [1.54, 1.807) is 24.3 Å². The topological polar surface area (TPSA) is 37.4 Å². The van der Waals surface area contributed by atoms with Gasteiger partial charge in [0.2, 0.25) is 11.8 Å². The third-order valence-electron chi connectivity index (χ3n) is 4.09. The van der Waals surface area contributed by atoms with Crippen LogP contribution in [0.2, 0.25) is 5.02 Å². The van der Waals surface area contributed by atoms with Gasteiger partial charge in [-0.15, -0.1) is 0 Å². The lowest BCUT2D eigenvalue weighted by molar-refractivity contribution is -0.122. The van der Waals surface area contributed by atoms with Crippen LogP contribution in [0.25, 0.3) is 0 Å². The molecule has 3 rings (SSSR count). The van der Waals surface area contributed by atoms with E-state index in [-0.39, 0.29) is 24.2 Å². The van der Waals surface area contributed by atoms with Gasteiger partial charge in [-0.2, -0.15) is 0 Å². The minimum Gasteiger partial charge on any atom is -0.274 e. The first kappa shape index (κ1) is 15.8. The molecule has 3 nitrogen and oxygen atoms in total. The zero-order chi connectivity index (χ0) is 16.6. The molecule has 0 spiro atoms. The van der Waals surface area contributed by atoms with Gasteiger partial charge < -0.3 is 0 Å². The predicted molar refractivity (Wildman–Crippen MR) is 91.7 cm³/mol. The molecule has 1 heterocycles. The molecule has 0 unspecified atom stereocenters. The third kappa shape index (κ3) is 3.30. The second-order valence-corrected chi connectivity index (χ2v) is 6.58. The van der Waals surface area contributed by atoms with Crippen molar-refractivity contribution in [3.05, 3.63) is 64.2 Å². The molecule has 118 valence electrons. The fourth-order valence-electron chi connectivity index (χ4n) is 3.19. The molecule has 1 aliphatic heterocycles. The number of halogens is 1. The van der Waals surface area contributed by atoms with Gasteiger partial charge in [-0.3, -0.25) is 14.5 Å². The average Bonchev–Trinajstić information content (AvgIpc) is 2.74. The molecule has 0 N–H and O–H groups in total. The first-order valence-electron chi connectivity index (χ1n) is 7.63. The Balaban J connectivity index is 1.82. The predicted octanol–water partition coefficient (Wildman–Crippen LogP) is 4.08. The Bertz CT molecular complexity index is 747. The summed E-state index contributed by atoms with van der Waals surface area (Å²) < 4.78 is 0.